The van der Waals surface area contributed by atoms with Crippen LogP contribution in [-0.2, 0) is 0 Å². The molecule has 3 aromatic rings. The number of benzene rings is 2. The van der Waals surface area contributed by atoms with Crippen molar-refractivity contribution in [2.24, 2.45) is 0 Å². The fourth-order valence-corrected chi connectivity index (χ4v) is 3.05. The zero-order valence-electron chi connectivity index (χ0n) is 10.7. The van der Waals surface area contributed by atoms with Crippen LogP contribution in [-0.4, -0.2) is 9.55 Å². The zero-order valence-corrected chi connectivity index (χ0v) is 13.1. The third-order valence-corrected chi connectivity index (χ3v) is 4.53. The Kier molecular flexibility index (Phi) is 3.07. The van der Waals surface area contributed by atoms with Gasteiger partial charge in [0, 0.05) is 4.47 Å². The fraction of sp³-hybridized carbons (Fsp3) is 0.133. The quantitative estimate of drug-likeness (QED) is 0.617. The fourth-order valence-electron chi connectivity index (χ4n) is 2.40. The first-order chi connectivity index (χ1) is 9.09. The van der Waals surface area contributed by atoms with Crippen LogP contribution in [0.5, 0.6) is 0 Å². The Morgan fingerprint density at radius 3 is 2.63 bits per heavy atom. The normalized spacial score (nSPS) is 11.1. The summed E-state index contributed by atoms with van der Waals surface area (Å²) in [5.74, 6) is 0. The lowest BCUT2D eigenvalue weighted by Crippen LogP contribution is -1.98. The smallest absolute Gasteiger partial charge is 0.182 e. The van der Waals surface area contributed by atoms with Crippen LogP contribution in [0.1, 0.15) is 11.1 Å². The van der Waals surface area contributed by atoms with Gasteiger partial charge in [0.25, 0.3) is 0 Å². The van der Waals surface area contributed by atoms with Crippen molar-refractivity contribution in [2.75, 3.05) is 0 Å². The third-order valence-electron chi connectivity index (χ3n) is 3.39. The van der Waals surface area contributed by atoms with Crippen LogP contribution < -0.4 is 0 Å². The topological polar surface area (TPSA) is 20.7 Å². The molecule has 0 fully saturated rings. The molecular weight excluding hydrogens is 320 g/mol. The summed E-state index contributed by atoms with van der Waals surface area (Å²) in [6, 6.07) is 12.4. The first-order valence-corrected chi connectivity index (χ1v) is 7.25. The van der Waals surface area contributed by atoms with Crippen LogP contribution in [0.4, 0.5) is 0 Å². The maximum Gasteiger partial charge on any atom is 0.182 e. The number of aryl methyl sites for hydroxylation is 1. The van der Waals surface area contributed by atoms with Gasteiger partial charge in [0.1, 0.15) is 0 Å². The van der Waals surface area contributed by atoms with Crippen LogP contribution in [0.2, 0.25) is 0 Å². The van der Waals surface area contributed by atoms with Crippen molar-refractivity contribution in [2.45, 2.75) is 13.8 Å². The van der Waals surface area contributed by atoms with E-state index < -0.39 is 0 Å². The highest BCUT2D eigenvalue weighted by Gasteiger charge is 2.11. The number of nitrogens with zero attached hydrogens (tertiary/aromatic N) is 1. The molecule has 1 N–H and O–H groups in total. The van der Waals surface area contributed by atoms with E-state index in [-0.39, 0.29) is 0 Å². The molecule has 0 aliphatic carbocycles. The standard InChI is InChI=1S/C15H13BrN2S/c1-9-5-3-7-12-14(9)18(15(19)17-12)13-8-4-6-11(16)10(13)2/h3-8H,1-2H3,(H,17,19). The second kappa shape index (κ2) is 4.62. The molecule has 0 saturated carbocycles. The molecule has 0 unspecified atom stereocenters. The second-order valence-electron chi connectivity index (χ2n) is 4.62. The zero-order chi connectivity index (χ0) is 13.6. The van der Waals surface area contributed by atoms with Gasteiger partial charge in [-0.1, -0.05) is 34.1 Å². The van der Waals surface area contributed by atoms with Crippen molar-refractivity contribution in [3.8, 4) is 5.69 Å². The van der Waals surface area contributed by atoms with E-state index in [9.17, 15) is 0 Å². The van der Waals surface area contributed by atoms with E-state index in [0.717, 1.165) is 26.0 Å². The SMILES string of the molecule is Cc1c(Br)cccc1-n1c(=S)[nH]c2cccc(C)c21. The van der Waals surface area contributed by atoms with Gasteiger partial charge in [0.15, 0.2) is 4.77 Å². The van der Waals surface area contributed by atoms with Gasteiger partial charge in [0.2, 0.25) is 0 Å². The van der Waals surface area contributed by atoms with Crippen molar-refractivity contribution >= 4 is 39.2 Å². The molecule has 2 nitrogen and oxygen atoms in total. The predicted molar refractivity (Wildman–Crippen MR) is 85.6 cm³/mol. The highest BCUT2D eigenvalue weighted by Crippen LogP contribution is 2.27. The highest BCUT2D eigenvalue weighted by atomic mass is 79.9. The molecule has 0 saturated heterocycles. The summed E-state index contributed by atoms with van der Waals surface area (Å²) in [7, 11) is 0. The summed E-state index contributed by atoms with van der Waals surface area (Å²) in [5, 5.41) is 0. The first kappa shape index (κ1) is 12.6. The summed E-state index contributed by atoms with van der Waals surface area (Å²) in [4.78, 5) is 3.28. The molecule has 2 aromatic carbocycles. The van der Waals surface area contributed by atoms with Crippen LogP contribution in [0, 0.1) is 18.6 Å². The predicted octanol–water partition coefficient (Wildman–Crippen LogP) is 5.07. The van der Waals surface area contributed by atoms with Gasteiger partial charge in [-0.2, -0.15) is 0 Å². The van der Waals surface area contributed by atoms with Crippen molar-refractivity contribution in [3.63, 3.8) is 0 Å². The summed E-state index contributed by atoms with van der Waals surface area (Å²) in [6.45, 7) is 4.20. The average Bonchev–Trinajstić information content (AvgIpc) is 2.71. The number of halogens is 1. The molecule has 3 rings (SSSR count). The molecule has 0 aliphatic heterocycles. The number of hydrogen-bond acceptors (Lipinski definition) is 1. The van der Waals surface area contributed by atoms with Gasteiger partial charge in [-0.3, -0.25) is 4.57 Å². The molecule has 4 heteroatoms. The molecule has 1 aromatic heterocycles. The Labute approximate surface area is 125 Å². The Morgan fingerprint density at radius 2 is 1.84 bits per heavy atom. The molecule has 0 amide bonds. The van der Waals surface area contributed by atoms with Crippen molar-refractivity contribution in [1.82, 2.24) is 9.55 Å². The lowest BCUT2D eigenvalue weighted by atomic mass is 10.1. The molecule has 0 atom stereocenters. The second-order valence-corrected chi connectivity index (χ2v) is 5.86. The van der Waals surface area contributed by atoms with E-state index in [1.807, 2.05) is 18.2 Å². The number of nitrogens with one attached hydrogen (secondary N) is 1. The number of imidazole rings is 1. The lowest BCUT2D eigenvalue weighted by Gasteiger charge is -2.11. The van der Waals surface area contributed by atoms with E-state index in [1.54, 1.807) is 0 Å². The molecule has 0 aliphatic rings. The van der Waals surface area contributed by atoms with Crippen LogP contribution in [0.3, 0.4) is 0 Å². The number of H-pyrrole nitrogens is 1. The van der Waals surface area contributed by atoms with E-state index in [0.29, 0.717) is 0 Å². The number of para-hydroxylation sites is 1. The Bertz CT molecular complexity index is 830. The van der Waals surface area contributed by atoms with E-state index in [2.05, 4.69) is 57.5 Å². The molecule has 96 valence electrons. The van der Waals surface area contributed by atoms with Crippen molar-refractivity contribution in [1.29, 1.82) is 0 Å². The number of rotatable bonds is 1. The molecule has 0 spiro atoms. The lowest BCUT2D eigenvalue weighted by molar-refractivity contribution is 1.04. The van der Waals surface area contributed by atoms with Crippen LogP contribution in [0.25, 0.3) is 16.7 Å². The van der Waals surface area contributed by atoms with Crippen molar-refractivity contribution < 1.29 is 0 Å². The van der Waals surface area contributed by atoms with E-state index in [1.165, 1.54) is 11.1 Å². The number of aromatic amines is 1. The Morgan fingerprint density at radius 1 is 1.11 bits per heavy atom. The minimum absolute atomic E-state index is 0.727. The molecular formula is C15H13BrN2S. The van der Waals surface area contributed by atoms with Gasteiger partial charge in [-0.15, -0.1) is 0 Å². The third kappa shape index (κ3) is 1.95. The monoisotopic (exact) mass is 332 g/mol. The minimum atomic E-state index is 0.727. The van der Waals surface area contributed by atoms with Gasteiger partial charge >= 0.3 is 0 Å². The summed E-state index contributed by atoms with van der Waals surface area (Å²) in [6.07, 6.45) is 0. The van der Waals surface area contributed by atoms with Gasteiger partial charge in [-0.25, -0.2) is 0 Å². The Hall–Kier alpha value is -1.39. The summed E-state index contributed by atoms with van der Waals surface area (Å²) >= 11 is 9.07. The van der Waals surface area contributed by atoms with E-state index >= 15 is 0 Å². The number of aromatic nitrogens is 2. The molecule has 19 heavy (non-hydrogen) atoms. The van der Waals surface area contributed by atoms with Gasteiger partial charge in [-0.05, 0) is 55.4 Å². The van der Waals surface area contributed by atoms with E-state index in [4.69, 9.17) is 12.2 Å². The maximum atomic E-state index is 5.49. The summed E-state index contributed by atoms with van der Waals surface area (Å²) < 4.78 is 3.93. The molecule has 0 bridgehead atoms. The van der Waals surface area contributed by atoms with Crippen molar-refractivity contribution in [3.05, 3.63) is 56.8 Å². The average molecular weight is 333 g/mol. The molecule has 0 radical (unpaired) electrons. The number of fused-ring (bicyclic) bond motifs is 1. The highest BCUT2D eigenvalue weighted by molar-refractivity contribution is 9.10. The van der Waals surface area contributed by atoms with Crippen LogP contribution >= 0.6 is 28.1 Å². The number of hydrogen-bond donors (Lipinski definition) is 1. The van der Waals surface area contributed by atoms with Gasteiger partial charge in [0.05, 0.1) is 16.7 Å². The summed E-state index contributed by atoms with van der Waals surface area (Å²) in [5.41, 5.74) is 5.73. The van der Waals surface area contributed by atoms with Gasteiger partial charge < -0.3 is 4.98 Å². The first-order valence-electron chi connectivity index (χ1n) is 6.05. The maximum absolute atomic E-state index is 5.49. The molecule has 1 heterocycles. The van der Waals surface area contributed by atoms with Crippen LogP contribution in [0.15, 0.2) is 40.9 Å². The largest absolute Gasteiger partial charge is 0.330 e. The Balaban J connectivity index is 2.46. The minimum Gasteiger partial charge on any atom is -0.330 e.